The summed E-state index contributed by atoms with van der Waals surface area (Å²) in [6.07, 6.45) is 0.891. The molecule has 0 unspecified atom stereocenters. The molecule has 1 radical (unpaired) electrons. The fourth-order valence-corrected chi connectivity index (χ4v) is 1.88. The van der Waals surface area contributed by atoms with Crippen LogP contribution in [0.4, 0.5) is 5.69 Å². The van der Waals surface area contributed by atoms with E-state index in [1.54, 1.807) is 6.07 Å². The lowest BCUT2D eigenvalue weighted by atomic mass is 10.1. The van der Waals surface area contributed by atoms with Crippen LogP contribution in [0.1, 0.15) is 28.4 Å². The van der Waals surface area contributed by atoms with Crippen LogP contribution in [-0.4, -0.2) is 5.91 Å². The fraction of sp³-hybridized carbons (Fsp3) is 0.125. The van der Waals surface area contributed by atoms with Gasteiger partial charge in [0.05, 0.1) is 0 Å². The Labute approximate surface area is 108 Å². The van der Waals surface area contributed by atoms with Crippen LogP contribution in [0.5, 0.6) is 0 Å². The summed E-state index contributed by atoms with van der Waals surface area (Å²) in [5.41, 5.74) is 3.35. The van der Waals surface area contributed by atoms with Crippen LogP contribution in [0.2, 0.25) is 0 Å². The second-order valence-corrected chi connectivity index (χ2v) is 4.12. The summed E-state index contributed by atoms with van der Waals surface area (Å²) in [6, 6.07) is 15.2. The summed E-state index contributed by atoms with van der Waals surface area (Å²) in [5, 5.41) is 2.94. The molecule has 2 aromatic carbocycles. The van der Waals surface area contributed by atoms with Crippen molar-refractivity contribution >= 4 is 11.6 Å². The monoisotopic (exact) mass is 238 g/mol. The molecule has 1 N–H and O–H groups in total. The van der Waals surface area contributed by atoms with E-state index in [-0.39, 0.29) is 5.91 Å². The first-order valence-electron chi connectivity index (χ1n) is 6.02. The second kappa shape index (κ2) is 5.50. The Morgan fingerprint density at radius 3 is 2.50 bits per heavy atom. The normalized spacial score (nSPS) is 10.1. The Hall–Kier alpha value is -2.09. The SMILES string of the molecule is [CH2]c1ccccc1C(=O)Nc1ccccc1CC. The van der Waals surface area contributed by atoms with Crippen molar-refractivity contribution in [1.29, 1.82) is 0 Å². The maximum absolute atomic E-state index is 12.2. The van der Waals surface area contributed by atoms with E-state index >= 15 is 0 Å². The molecule has 0 saturated carbocycles. The maximum atomic E-state index is 12.2. The zero-order chi connectivity index (χ0) is 13.0. The highest BCUT2D eigenvalue weighted by atomic mass is 16.1. The number of anilines is 1. The zero-order valence-electron chi connectivity index (χ0n) is 10.4. The van der Waals surface area contributed by atoms with Crippen molar-refractivity contribution < 1.29 is 4.79 Å². The summed E-state index contributed by atoms with van der Waals surface area (Å²) in [6.45, 7) is 5.93. The van der Waals surface area contributed by atoms with Crippen LogP contribution >= 0.6 is 0 Å². The Bertz CT molecular complexity index is 561. The molecule has 0 saturated heterocycles. The van der Waals surface area contributed by atoms with Gasteiger partial charge in [-0.25, -0.2) is 0 Å². The highest BCUT2D eigenvalue weighted by Gasteiger charge is 2.09. The van der Waals surface area contributed by atoms with E-state index in [2.05, 4.69) is 19.2 Å². The number of aryl methyl sites for hydroxylation is 1. The largest absolute Gasteiger partial charge is 0.322 e. The lowest BCUT2D eigenvalue weighted by molar-refractivity contribution is 0.102. The molecular formula is C16H16NO. The number of nitrogens with one attached hydrogen (secondary N) is 1. The smallest absolute Gasteiger partial charge is 0.255 e. The van der Waals surface area contributed by atoms with Gasteiger partial charge in [-0.3, -0.25) is 4.79 Å². The highest BCUT2D eigenvalue weighted by Crippen LogP contribution is 2.17. The van der Waals surface area contributed by atoms with E-state index in [0.29, 0.717) is 5.56 Å². The van der Waals surface area contributed by atoms with Crippen LogP contribution < -0.4 is 5.32 Å². The highest BCUT2D eigenvalue weighted by molar-refractivity contribution is 6.05. The van der Waals surface area contributed by atoms with Crippen molar-refractivity contribution in [2.45, 2.75) is 13.3 Å². The minimum atomic E-state index is -0.110. The number of amides is 1. The standard InChI is InChI=1S/C16H16NO/c1-3-13-9-5-7-11-15(13)17-16(18)14-10-6-4-8-12(14)2/h4-11H,2-3H2,1H3,(H,17,18). The third-order valence-electron chi connectivity index (χ3n) is 2.91. The molecule has 0 bridgehead atoms. The molecule has 0 fully saturated rings. The molecule has 91 valence electrons. The average Bonchev–Trinajstić information content (AvgIpc) is 2.39. The summed E-state index contributed by atoms with van der Waals surface area (Å²) in [5.74, 6) is -0.110. The summed E-state index contributed by atoms with van der Waals surface area (Å²) in [7, 11) is 0. The molecule has 0 aliphatic rings. The molecular weight excluding hydrogens is 222 g/mol. The van der Waals surface area contributed by atoms with Gasteiger partial charge in [0.2, 0.25) is 0 Å². The van der Waals surface area contributed by atoms with Crippen molar-refractivity contribution in [2.75, 3.05) is 5.32 Å². The van der Waals surface area contributed by atoms with E-state index in [0.717, 1.165) is 23.2 Å². The topological polar surface area (TPSA) is 29.1 Å². The van der Waals surface area contributed by atoms with Crippen molar-refractivity contribution in [1.82, 2.24) is 0 Å². The number of carbonyl (C=O) groups is 1. The molecule has 1 amide bonds. The molecule has 0 heterocycles. The van der Waals surface area contributed by atoms with E-state index in [4.69, 9.17) is 0 Å². The van der Waals surface area contributed by atoms with Gasteiger partial charge < -0.3 is 5.32 Å². The Morgan fingerprint density at radius 2 is 1.78 bits per heavy atom. The van der Waals surface area contributed by atoms with Gasteiger partial charge >= 0.3 is 0 Å². The van der Waals surface area contributed by atoms with Gasteiger partial charge in [-0.2, -0.15) is 0 Å². The fourth-order valence-electron chi connectivity index (χ4n) is 1.88. The predicted octanol–water partition coefficient (Wildman–Crippen LogP) is 3.68. The van der Waals surface area contributed by atoms with Crippen LogP contribution in [0.3, 0.4) is 0 Å². The summed E-state index contributed by atoms with van der Waals surface area (Å²) in [4.78, 5) is 12.2. The van der Waals surface area contributed by atoms with Crippen molar-refractivity contribution in [3.8, 4) is 0 Å². The number of hydrogen-bond acceptors (Lipinski definition) is 1. The van der Waals surface area contributed by atoms with E-state index in [1.165, 1.54) is 0 Å². The molecule has 0 spiro atoms. The molecule has 18 heavy (non-hydrogen) atoms. The van der Waals surface area contributed by atoms with Gasteiger partial charge in [0, 0.05) is 11.3 Å². The molecule has 2 aromatic rings. The van der Waals surface area contributed by atoms with Crippen molar-refractivity contribution in [2.24, 2.45) is 0 Å². The first-order chi connectivity index (χ1) is 8.72. The van der Waals surface area contributed by atoms with E-state index in [9.17, 15) is 4.79 Å². The van der Waals surface area contributed by atoms with Gasteiger partial charge in [0.25, 0.3) is 5.91 Å². The first-order valence-corrected chi connectivity index (χ1v) is 6.02. The number of rotatable bonds is 3. The van der Waals surface area contributed by atoms with Gasteiger partial charge in [-0.1, -0.05) is 43.3 Å². The van der Waals surface area contributed by atoms with Gasteiger partial charge in [-0.15, -0.1) is 0 Å². The van der Waals surface area contributed by atoms with Crippen molar-refractivity contribution in [3.63, 3.8) is 0 Å². The minimum Gasteiger partial charge on any atom is -0.322 e. The third kappa shape index (κ3) is 2.59. The number of para-hydroxylation sites is 1. The van der Waals surface area contributed by atoms with Gasteiger partial charge in [0.15, 0.2) is 0 Å². The summed E-state index contributed by atoms with van der Waals surface area (Å²) >= 11 is 0. The molecule has 0 aromatic heterocycles. The Morgan fingerprint density at radius 1 is 1.11 bits per heavy atom. The van der Waals surface area contributed by atoms with Crippen LogP contribution in [0.25, 0.3) is 0 Å². The summed E-state index contributed by atoms with van der Waals surface area (Å²) < 4.78 is 0. The Kier molecular flexibility index (Phi) is 3.78. The molecule has 2 nitrogen and oxygen atoms in total. The van der Waals surface area contributed by atoms with E-state index in [1.807, 2.05) is 42.5 Å². The van der Waals surface area contributed by atoms with Crippen LogP contribution in [0.15, 0.2) is 48.5 Å². The lowest BCUT2D eigenvalue weighted by Crippen LogP contribution is -2.14. The zero-order valence-corrected chi connectivity index (χ0v) is 10.4. The van der Waals surface area contributed by atoms with Crippen LogP contribution in [-0.2, 0) is 6.42 Å². The van der Waals surface area contributed by atoms with Gasteiger partial charge in [0.1, 0.15) is 0 Å². The lowest BCUT2D eigenvalue weighted by Gasteiger charge is -2.10. The van der Waals surface area contributed by atoms with Crippen LogP contribution in [0, 0.1) is 6.92 Å². The molecule has 0 aliphatic heterocycles. The first kappa shape index (κ1) is 12.4. The molecule has 0 aliphatic carbocycles. The molecule has 0 atom stereocenters. The predicted molar refractivity (Wildman–Crippen MR) is 74.7 cm³/mol. The van der Waals surface area contributed by atoms with Crippen molar-refractivity contribution in [3.05, 3.63) is 72.1 Å². The second-order valence-electron chi connectivity index (χ2n) is 4.12. The Balaban J connectivity index is 2.24. The average molecular weight is 238 g/mol. The van der Waals surface area contributed by atoms with E-state index < -0.39 is 0 Å². The maximum Gasteiger partial charge on any atom is 0.255 e. The number of benzene rings is 2. The molecule has 2 rings (SSSR count). The quantitative estimate of drug-likeness (QED) is 0.868. The number of carbonyl (C=O) groups excluding carboxylic acids is 1. The third-order valence-corrected chi connectivity index (χ3v) is 2.91. The minimum absolute atomic E-state index is 0.110. The van der Waals surface area contributed by atoms with Gasteiger partial charge in [-0.05, 0) is 36.6 Å². The number of hydrogen-bond donors (Lipinski definition) is 1. The molecule has 2 heteroatoms.